The Hall–Kier alpha value is -1.50. The summed E-state index contributed by atoms with van der Waals surface area (Å²) in [6.45, 7) is 0.120. The normalized spacial score (nSPS) is 10.3. The van der Waals surface area contributed by atoms with Crippen molar-refractivity contribution in [3.8, 4) is 0 Å². The zero-order valence-electron chi connectivity index (χ0n) is 9.45. The van der Waals surface area contributed by atoms with Crippen LogP contribution in [-0.4, -0.2) is 16.3 Å². The standard InChI is InChI=1S/C12H12N2O2S2/c13-12(15)14(16)8-10-6-7-11(18-10)17-9-4-2-1-3-5-9/h1-7,16H,8H2,(H2,13,15). The van der Waals surface area contributed by atoms with Crippen molar-refractivity contribution in [3.63, 3.8) is 0 Å². The number of carbonyl (C=O) groups is 1. The average molecular weight is 280 g/mol. The molecule has 0 radical (unpaired) electrons. The summed E-state index contributed by atoms with van der Waals surface area (Å²) < 4.78 is 1.11. The molecule has 0 saturated heterocycles. The minimum Gasteiger partial charge on any atom is -0.350 e. The number of nitrogens with zero attached hydrogens (tertiary/aromatic N) is 1. The topological polar surface area (TPSA) is 66.6 Å². The number of urea groups is 1. The number of hydrogen-bond donors (Lipinski definition) is 2. The molecule has 2 rings (SSSR count). The lowest BCUT2D eigenvalue weighted by Gasteiger charge is -2.09. The summed E-state index contributed by atoms with van der Waals surface area (Å²) in [5.41, 5.74) is 4.95. The Kier molecular flexibility index (Phi) is 4.24. The van der Waals surface area contributed by atoms with E-state index in [1.807, 2.05) is 42.5 Å². The lowest BCUT2D eigenvalue weighted by Crippen LogP contribution is -2.31. The monoisotopic (exact) mass is 280 g/mol. The van der Waals surface area contributed by atoms with Gasteiger partial charge in [0.1, 0.15) is 0 Å². The number of primary amides is 1. The summed E-state index contributed by atoms with van der Waals surface area (Å²) >= 11 is 3.17. The van der Waals surface area contributed by atoms with Crippen LogP contribution in [0, 0.1) is 0 Å². The van der Waals surface area contributed by atoms with E-state index in [2.05, 4.69) is 0 Å². The average Bonchev–Trinajstić information content (AvgIpc) is 2.77. The maximum atomic E-state index is 10.7. The van der Waals surface area contributed by atoms with E-state index in [-0.39, 0.29) is 6.54 Å². The molecule has 3 N–H and O–H groups in total. The Morgan fingerprint density at radius 3 is 2.67 bits per heavy atom. The zero-order valence-corrected chi connectivity index (χ0v) is 11.1. The summed E-state index contributed by atoms with van der Waals surface area (Å²) in [5, 5.41) is 9.74. The van der Waals surface area contributed by atoms with Crippen molar-refractivity contribution in [2.24, 2.45) is 5.73 Å². The quantitative estimate of drug-likeness (QED) is 0.667. The molecule has 0 aliphatic heterocycles. The molecule has 0 saturated carbocycles. The molecule has 0 aliphatic carbocycles. The molecular formula is C12H12N2O2S2. The van der Waals surface area contributed by atoms with Crippen LogP contribution in [0.25, 0.3) is 0 Å². The van der Waals surface area contributed by atoms with Crippen LogP contribution in [0.4, 0.5) is 4.79 Å². The van der Waals surface area contributed by atoms with E-state index < -0.39 is 6.03 Å². The van der Waals surface area contributed by atoms with Gasteiger partial charge in [-0.2, -0.15) is 0 Å². The first-order valence-corrected chi connectivity index (χ1v) is 6.86. The second-order valence-electron chi connectivity index (χ2n) is 3.53. The summed E-state index contributed by atoms with van der Waals surface area (Å²) in [7, 11) is 0. The fraction of sp³-hybridized carbons (Fsp3) is 0.0833. The molecule has 0 bridgehead atoms. The van der Waals surface area contributed by atoms with Crippen molar-refractivity contribution < 1.29 is 10.0 Å². The highest BCUT2D eigenvalue weighted by molar-refractivity contribution is 8.01. The van der Waals surface area contributed by atoms with Crippen molar-refractivity contribution >= 4 is 29.1 Å². The van der Waals surface area contributed by atoms with Gasteiger partial charge in [-0.1, -0.05) is 30.0 Å². The Morgan fingerprint density at radius 1 is 1.28 bits per heavy atom. The molecular weight excluding hydrogens is 268 g/mol. The summed E-state index contributed by atoms with van der Waals surface area (Å²) in [4.78, 5) is 12.7. The molecule has 18 heavy (non-hydrogen) atoms. The van der Waals surface area contributed by atoms with Gasteiger partial charge >= 0.3 is 6.03 Å². The van der Waals surface area contributed by atoms with Crippen LogP contribution in [0.2, 0.25) is 0 Å². The molecule has 0 spiro atoms. The second-order valence-corrected chi connectivity index (χ2v) is 6.07. The van der Waals surface area contributed by atoms with E-state index in [4.69, 9.17) is 5.73 Å². The van der Waals surface area contributed by atoms with E-state index >= 15 is 0 Å². The van der Waals surface area contributed by atoms with Gasteiger partial charge in [0, 0.05) is 9.77 Å². The van der Waals surface area contributed by atoms with Crippen LogP contribution in [0.3, 0.4) is 0 Å². The molecule has 0 aliphatic rings. The number of hydroxylamine groups is 2. The second kappa shape index (κ2) is 5.90. The van der Waals surface area contributed by atoms with Crippen molar-refractivity contribution in [1.82, 2.24) is 5.06 Å². The highest BCUT2D eigenvalue weighted by Gasteiger charge is 2.09. The van der Waals surface area contributed by atoms with Gasteiger partial charge in [-0.15, -0.1) is 11.3 Å². The highest BCUT2D eigenvalue weighted by Crippen LogP contribution is 2.33. The van der Waals surface area contributed by atoms with Crippen molar-refractivity contribution in [3.05, 3.63) is 47.3 Å². The summed E-state index contributed by atoms with van der Waals surface area (Å²) in [5.74, 6) is 0. The van der Waals surface area contributed by atoms with E-state index in [9.17, 15) is 10.0 Å². The van der Waals surface area contributed by atoms with Gasteiger partial charge in [-0.25, -0.2) is 9.86 Å². The number of hydrogen-bond acceptors (Lipinski definition) is 4. The van der Waals surface area contributed by atoms with E-state index in [1.165, 1.54) is 11.3 Å². The predicted molar refractivity (Wildman–Crippen MR) is 71.8 cm³/mol. The maximum absolute atomic E-state index is 10.7. The first-order valence-electron chi connectivity index (χ1n) is 5.22. The molecule has 0 unspecified atom stereocenters. The molecule has 1 aromatic heterocycles. The van der Waals surface area contributed by atoms with Crippen molar-refractivity contribution in [1.29, 1.82) is 0 Å². The molecule has 4 nitrogen and oxygen atoms in total. The minimum atomic E-state index is -0.847. The van der Waals surface area contributed by atoms with E-state index in [0.717, 1.165) is 14.0 Å². The van der Waals surface area contributed by atoms with E-state index in [0.29, 0.717) is 5.06 Å². The van der Waals surface area contributed by atoms with Gasteiger partial charge in [0.15, 0.2) is 0 Å². The third kappa shape index (κ3) is 3.49. The Bertz CT molecular complexity index is 528. The minimum absolute atomic E-state index is 0.120. The summed E-state index contributed by atoms with van der Waals surface area (Å²) in [6.07, 6.45) is 0. The molecule has 1 aromatic carbocycles. The van der Waals surface area contributed by atoms with Crippen LogP contribution >= 0.6 is 23.1 Å². The highest BCUT2D eigenvalue weighted by atomic mass is 32.2. The van der Waals surface area contributed by atoms with Gasteiger partial charge in [0.2, 0.25) is 0 Å². The predicted octanol–water partition coefficient (Wildman–Crippen LogP) is 3.17. The fourth-order valence-corrected chi connectivity index (χ4v) is 3.48. The molecule has 2 amide bonds. The van der Waals surface area contributed by atoms with Gasteiger partial charge in [-0.3, -0.25) is 5.21 Å². The number of nitrogens with two attached hydrogens (primary N) is 1. The molecule has 0 fully saturated rings. The van der Waals surface area contributed by atoms with Crippen LogP contribution < -0.4 is 5.73 Å². The fourth-order valence-electron chi connectivity index (χ4n) is 1.33. The lowest BCUT2D eigenvalue weighted by atomic mass is 10.4. The zero-order chi connectivity index (χ0) is 13.0. The molecule has 1 heterocycles. The van der Waals surface area contributed by atoms with Gasteiger partial charge in [-0.05, 0) is 24.3 Å². The number of amides is 2. The SMILES string of the molecule is NC(=O)N(O)Cc1ccc(Sc2ccccc2)s1. The van der Waals surface area contributed by atoms with Crippen LogP contribution in [0.15, 0.2) is 51.6 Å². The Labute approximate surface area is 113 Å². The number of benzene rings is 1. The third-order valence-corrected chi connectivity index (χ3v) is 4.37. The lowest BCUT2D eigenvalue weighted by molar-refractivity contribution is -0.0462. The first-order chi connectivity index (χ1) is 8.65. The molecule has 2 aromatic rings. The molecule has 6 heteroatoms. The first kappa shape index (κ1) is 12.9. The maximum Gasteiger partial charge on any atom is 0.338 e. The molecule has 0 atom stereocenters. The molecule has 94 valence electrons. The van der Waals surface area contributed by atoms with Gasteiger partial charge in [0.05, 0.1) is 10.8 Å². The van der Waals surface area contributed by atoms with Crippen molar-refractivity contribution in [2.45, 2.75) is 15.6 Å². The Morgan fingerprint density at radius 2 is 2.00 bits per heavy atom. The Balaban J connectivity index is 2.00. The van der Waals surface area contributed by atoms with Crippen LogP contribution in [-0.2, 0) is 6.54 Å². The van der Waals surface area contributed by atoms with Crippen LogP contribution in [0.1, 0.15) is 4.88 Å². The number of thiophene rings is 1. The van der Waals surface area contributed by atoms with Gasteiger partial charge < -0.3 is 5.73 Å². The van der Waals surface area contributed by atoms with Gasteiger partial charge in [0.25, 0.3) is 0 Å². The largest absolute Gasteiger partial charge is 0.350 e. The summed E-state index contributed by atoms with van der Waals surface area (Å²) in [6, 6.07) is 13.0. The van der Waals surface area contributed by atoms with Crippen LogP contribution in [0.5, 0.6) is 0 Å². The third-order valence-electron chi connectivity index (χ3n) is 2.16. The smallest absolute Gasteiger partial charge is 0.338 e. The number of rotatable bonds is 4. The van der Waals surface area contributed by atoms with Crippen molar-refractivity contribution in [2.75, 3.05) is 0 Å². The van der Waals surface area contributed by atoms with E-state index in [1.54, 1.807) is 11.8 Å². The number of carbonyl (C=O) groups excluding carboxylic acids is 1.